The van der Waals surface area contributed by atoms with Gasteiger partial charge in [0.25, 0.3) is 0 Å². The van der Waals surface area contributed by atoms with Crippen LogP contribution in [0.15, 0.2) is 0 Å². The maximum absolute atomic E-state index is 12.1. The fraction of sp³-hybridized carbons (Fsp3) is 0.833. The molecule has 102 valence electrons. The first kappa shape index (κ1) is 13.1. The van der Waals surface area contributed by atoms with Crippen molar-refractivity contribution in [3.63, 3.8) is 0 Å². The number of rotatable bonds is 5. The summed E-state index contributed by atoms with van der Waals surface area (Å²) in [5.41, 5.74) is -1.07. The number of nitrogens with zero attached hydrogens (tertiary/aromatic N) is 1. The van der Waals surface area contributed by atoms with E-state index in [1.54, 1.807) is 4.90 Å². The zero-order chi connectivity index (χ0) is 13.2. The van der Waals surface area contributed by atoms with Crippen molar-refractivity contribution < 1.29 is 19.8 Å². The third-order valence-electron chi connectivity index (χ3n) is 4.08. The van der Waals surface area contributed by atoms with Crippen LogP contribution in [0.25, 0.3) is 0 Å². The highest BCUT2D eigenvalue weighted by molar-refractivity contribution is 5.87. The van der Waals surface area contributed by atoms with E-state index in [4.69, 9.17) is 5.11 Å². The summed E-state index contributed by atoms with van der Waals surface area (Å²) in [6.45, 7) is 0.177. The van der Waals surface area contributed by atoms with E-state index in [-0.39, 0.29) is 25.2 Å². The summed E-state index contributed by atoms with van der Waals surface area (Å²) >= 11 is 0. The summed E-state index contributed by atoms with van der Waals surface area (Å²) in [7, 11) is 0. The first-order valence-electron chi connectivity index (χ1n) is 6.52. The zero-order valence-electron chi connectivity index (χ0n) is 10.4. The van der Waals surface area contributed by atoms with Crippen molar-refractivity contribution in [1.82, 2.24) is 10.2 Å². The van der Waals surface area contributed by atoms with Gasteiger partial charge in [0, 0.05) is 12.6 Å². The Hall–Kier alpha value is -1.30. The minimum Gasteiger partial charge on any atom is -0.480 e. The van der Waals surface area contributed by atoms with Crippen LogP contribution >= 0.6 is 0 Å². The Morgan fingerprint density at radius 2 is 1.94 bits per heavy atom. The molecule has 0 aromatic carbocycles. The van der Waals surface area contributed by atoms with Crippen molar-refractivity contribution in [2.24, 2.45) is 0 Å². The average molecular weight is 256 g/mol. The number of hydrogen-bond acceptors (Lipinski definition) is 3. The van der Waals surface area contributed by atoms with Crippen molar-refractivity contribution in [2.75, 3.05) is 13.2 Å². The van der Waals surface area contributed by atoms with Crippen LogP contribution in [0.4, 0.5) is 4.79 Å². The second kappa shape index (κ2) is 5.14. The molecule has 0 spiro atoms. The van der Waals surface area contributed by atoms with Crippen LogP contribution in [0.2, 0.25) is 0 Å². The lowest BCUT2D eigenvalue weighted by Crippen LogP contribution is -2.63. The SMILES string of the molecule is O=C(NC1(C(=O)O)CCC1)N(CCO)C1CCC1. The molecule has 2 saturated carbocycles. The highest BCUT2D eigenvalue weighted by Gasteiger charge is 2.47. The number of carboxylic acid groups (broad SMARTS) is 1. The summed E-state index contributed by atoms with van der Waals surface area (Å²) < 4.78 is 0. The van der Waals surface area contributed by atoms with Gasteiger partial charge in [0.15, 0.2) is 0 Å². The molecular weight excluding hydrogens is 236 g/mol. The van der Waals surface area contributed by atoms with Crippen LogP contribution in [0.3, 0.4) is 0 Å². The fourth-order valence-electron chi connectivity index (χ4n) is 2.46. The van der Waals surface area contributed by atoms with Crippen molar-refractivity contribution in [2.45, 2.75) is 50.1 Å². The summed E-state index contributed by atoms with van der Waals surface area (Å²) in [5.74, 6) is -0.959. The summed E-state index contributed by atoms with van der Waals surface area (Å²) in [6.07, 6.45) is 4.78. The first-order chi connectivity index (χ1) is 8.59. The van der Waals surface area contributed by atoms with Gasteiger partial charge in [-0.25, -0.2) is 9.59 Å². The standard InChI is InChI=1S/C12H20N2O4/c15-8-7-14(9-3-1-4-9)11(18)13-12(10(16)17)5-2-6-12/h9,15H,1-8H2,(H,13,18)(H,16,17). The molecule has 6 nitrogen and oxygen atoms in total. The molecule has 0 unspecified atom stereocenters. The number of amides is 2. The Labute approximate surface area is 106 Å². The minimum atomic E-state index is -1.07. The predicted octanol–water partition coefficient (Wildman–Crippen LogP) is 0.550. The van der Waals surface area contributed by atoms with Crippen LogP contribution < -0.4 is 5.32 Å². The van der Waals surface area contributed by atoms with E-state index >= 15 is 0 Å². The molecule has 2 rings (SSSR count). The van der Waals surface area contributed by atoms with Gasteiger partial charge in [0.05, 0.1) is 6.61 Å². The molecule has 3 N–H and O–H groups in total. The van der Waals surface area contributed by atoms with Crippen molar-refractivity contribution in [1.29, 1.82) is 0 Å². The predicted molar refractivity (Wildman–Crippen MR) is 64.2 cm³/mol. The van der Waals surface area contributed by atoms with E-state index in [0.29, 0.717) is 12.8 Å². The van der Waals surface area contributed by atoms with E-state index in [1.165, 1.54) is 0 Å². The molecule has 0 saturated heterocycles. The van der Waals surface area contributed by atoms with Crippen LogP contribution in [-0.4, -0.2) is 51.8 Å². The van der Waals surface area contributed by atoms with Crippen LogP contribution in [0, 0.1) is 0 Å². The molecule has 18 heavy (non-hydrogen) atoms. The molecular formula is C12H20N2O4. The van der Waals surface area contributed by atoms with Crippen LogP contribution in [0.5, 0.6) is 0 Å². The molecule has 0 aliphatic heterocycles. The molecule has 0 radical (unpaired) electrons. The van der Waals surface area contributed by atoms with Gasteiger partial charge in [-0.1, -0.05) is 0 Å². The second-order valence-electron chi connectivity index (χ2n) is 5.17. The molecule has 2 aliphatic carbocycles. The number of aliphatic hydroxyl groups is 1. The van der Waals surface area contributed by atoms with E-state index in [9.17, 15) is 14.7 Å². The van der Waals surface area contributed by atoms with Gasteiger partial charge in [-0.2, -0.15) is 0 Å². The molecule has 0 aromatic heterocycles. The average Bonchev–Trinajstić information content (AvgIpc) is 2.19. The topological polar surface area (TPSA) is 89.9 Å². The minimum absolute atomic E-state index is 0.0933. The summed E-state index contributed by atoms with van der Waals surface area (Å²) in [4.78, 5) is 24.9. The second-order valence-corrected chi connectivity index (χ2v) is 5.17. The lowest BCUT2D eigenvalue weighted by atomic mass is 9.77. The number of carbonyl (C=O) groups is 2. The molecule has 0 bridgehead atoms. The van der Waals surface area contributed by atoms with Crippen molar-refractivity contribution >= 4 is 12.0 Å². The number of carbonyl (C=O) groups excluding carboxylic acids is 1. The number of carboxylic acids is 1. The van der Waals surface area contributed by atoms with Gasteiger partial charge in [-0.05, 0) is 38.5 Å². The lowest BCUT2D eigenvalue weighted by Gasteiger charge is -2.43. The third kappa shape index (κ3) is 2.29. The van der Waals surface area contributed by atoms with E-state index in [1.807, 2.05) is 0 Å². The third-order valence-corrected chi connectivity index (χ3v) is 4.08. The van der Waals surface area contributed by atoms with Gasteiger partial charge in [0.1, 0.15) is 5.54 Å². The van der Waals surface area contributed by atoms with Crippen LogP contribution in [0.1, 0.15) is 38.5 Å². The lowest BCUT2D eigenvalue weighted by molar-refractivity contribution is -0.148. The van der Waals surface area contributed by atoms with E-state index in [0.717, 1.165) is 25.7 Å². The van der Waals surface area contributed by atoms with E-state index < -0.39 is 11.5 Å². The Morgan fingerprint density at radius 3 is 2.28 bits per heavy atom. The first-order valence-corrected chi connectivity index (χ1v) is 6.52. The van der Waals surface area contributed by atoms with Gasteiger partial charge >= 0.3 is 12.0 Å². The molecule has 6 heteroatoms. The monoisotopic (exact) mass is 256 g/mol. The van der Waals surface area contributed by atoms with Crippen LogP contribution in [-0.2, 0) is 4.79 Å². The number of hydrogen-bond donors (Lipinski definition) is 3. The Bertz CT molecular complexity index is 337. The quantitative estimate of drug-likeness (QED) is 0.670. The smallest absolute Gasteiger partial charge is 0.329 e. The normalized spacial score (nSPS) is 21.6. The summed E-state index contributed by atoms with van der Waals surface area (Å²) in [6, 6.07) is -0.195. The highest BCUT2D eigenvalue weighted by atomic mass is 16.4. The number of aliphatic carboxylic acids is 1. The number of nitrogens with one attached hydrogen (secondary N) is 1. The number of urea groups is 1. The van der Waals surface area contributed by atoms with Gasteiger partial charge in [0.2, 0.25) is 0 Å². The molecule has 0 heterocycles. The maximum Gasteiger partial charge on any atom is 0.329 e. The number of aliphatic hydroxyl groups excluding tert-OH is 1. The molecule has 0 aromatic rings. The molecule has 2 amide bonds. The van der Waals surface area contributed by atoms with Crippen molar-refractivity contribution in [3.05, 3.63) is 0 Å². The Balaban J connectivity index is 1.97. The van der Waals surface area contributed by atoms with Gasteiger partial charge < -0.3 is 20.4 Å². The Kier molecular flexibility index (Phi) is 3.75. The largest absolute Gasteiger partial charge is 0.480 e. The zero-order valence-corrected chi connectivity index (χ0v) is 10.4. The molecule has 2 aliphatic rings. The highest BCUT2D eigenvalue weighted by Crippen LogP contribution is 2.33. The van der Waals surface area contributed by atoms with Gasteiger partial charge in [-0.3, -0.25) is 0 Å². The summed E-state index contributed by atoms with van der Waals surface area (Å²) in [5, 5.41) is 20.8. The Morgan fingerprint density at radius 1 is 1.28 bits per heavy atom. The maximum atomic E-state index is 12.1. The van der Waals surface area contributed by atoms with E-state index in [2.05, 4.69) is 5.32 Å². The van der Waals surface area contributed by atoms with Crippen molar-refractivity contribution in [3.8, 4) is 0 Å². The van der Waals surface area contributed by atoms with Gasteiger partial charge in [-0.15, -0.1) is 0 Å². The molecule has 0 atom stereocenters. The molecule has 2 fully saturated rings. The fourth-order valence-corrected chi connectivity index (χ4v) is 2.46.